The van der Waals surface area contributed by atoms with Crippen LogP contribution in [0.15, 0.2) is 42.6 Å². The van der Waals surface area contributed by atoms with Crippen molar-refractivity contribution in [3.05, 3.63) is 48.4 Å². The van der Waals surface area contributed by atoms with Crippen LogP contribution in [0.3, 0.4) is 0 Å². The van der Waals surface area contributed by atoms with Gasteiger partial charge in [0.05, 0.1) is 5.69 Å². The van der Waals surface area contributed by atoms with E-state index in [1.807, 2.05) is 13.8 Å². The second-order valence-electron chi connectivity index (χ2n) is 6.98. The summed E-state index contributed by atoms with van der Waals surface area (Å²) in [5.74, 6) is -1.19. The number of nitrogens with one attached hydrogen (secondary N) is 1. The minimum absolute atomic E-state index is 0.0896. The summed E-state index contributed by atoms with van der Waals surface area (Å²) in [5.41, 5.74) is 1.16. The Hall–Kier alpha value is -3.10. The number of carbonyl (C=O) groups is 1. The Balaban J connectivity index is 2.05. The molecular weight excluding hydrogens is 390 g/mol. The van der Waals surface area contributed by atoms with Crippen molar-refractivity contribution in [2.75, 3.05) is 5.32 Å². The van der Waals surface area contributed by atoms with Crippen molar-refractivity contribution >= 4 is 17.4 Å². The first-order chi connectivity index (χ1) is 13.5. The van der Waals surface area contributed by atoms with E-state index in [9.17, 15) is 22.4 Å². The third-order valence-corrected chi connectivity index (χ3v) is 4.60. The van der Waals surface area contributed by atoms with Gasteiger partial charge in [0.1, 0.15) is 17.2 Å². The molecule has 9 heteroatoms. The average molecular weight is 409 g/mol. The van der Waals surface area contributed by atoms with Crippen molar-refractivity contribution in [2.24, 2.45) is 11.8 Å². The van der Waals surface area contributed by atoms with Crippen LogP contribution in [0.25, 0.3) is 16.9 Å². The highest BCUT2D eigenvalue weighted by molar-refractivity contribution is 5.95. The number of halogens is 4. The van der Waals surface area contributed by atoms with Crippen molar-refractivity contribution < 1.29 is 27.1 Å². The van der Waals surface area contributed by atoms with Gasteiger partial charge >= 0.3 is 6.36 Å². The van der Waals surface area contributed by atoms with Crippen molar-refractivity contribution in [3.8, 4) is 17.0 Å². The van der Waals surface area contributed by atoms with Gasteiger partial charge in [0.15, 0.2) is 5.82 Å². The number of rotatable bonds is 5. The monoisotopic (exact) mass is 409 g/mol. The van der Waals surface area contributed by atoms with E-state index in [1.165, 1.54) is 34.9 Å². The zero-order valence-electron chi connectivity index (χ0n) is 15.9. The lowest BCUT2D eigenvalue weighted by Gasteiger charge is -2.15. The molecule has 3 rings (SSSR count). The Kier molecular flexibility index (Phi) is 5.50. The van der Waals surface area contributed by atoms with Crippen molar-refractivity contribution in [1.29, 1.82) is 0 Å². The highest BCUT2D eigenvalue weighted by atomic mass is 19.4. The predicted molar refractivity (Wildman–Crippen MR) is 99.9 cm³/mol. The molecule has 0 spiro atoms. The summed E-state index contributed by atoms with van der Waals surface area (Å²) in [6, 6.07) is 7.73. The third kappa shape index (κ3) is 4.67. The van der Waals surface area contributed by atoms with Crippen LogP contribution < -0.4 is 10.1 Å². The molecule has 2 aromatic heterocycles. The summed E-state index contributed by atoms with van der Waals surface area (Å²) >= 11 is 0. The van der Waals surface area contributed by atoms with E-state index < -0.39 is 12.2 Å². The molecule has 0 aliphatic heterocycles. The van der Waals surface area contributed by atoms with Crippen LogP contribution >= 0.6 is 0 Å². The molecule has 154 valence electrons. The molecule has 0 radical (unpaired) electrons. The number of alkyl halides is 3. The first-order valence-corrected chi connectivity index (χ1v) is 8.90. The Labute approximate surface area is 164 Å². The number of carbonyl (C=O) groups excluding carboxylic acids is 1. The molecule has 0 saturated carbocycles. The Bertz CT molecular complexity index is 1030. The first kappa shape index (κ1) is 20.6. The van der Waals surface area contributed by atoms with Crippen LogP contribution in [0.4, 0.5) is 23.4 Å². The van der Waals surface area contributed by atoms with Gasteiger partial charge in [0.2, 0.25) is 5.91 Å². The molecule has 1 atom stereocenters. The average Bonchev–Trinajstić information content (AvgIpc) is 2.97. The number of fused-ring (bicyclic) bond motifs is 1. The maximum Gasteiger partial charge on any atom is 0.573 e. The topological polar surface area (TPSA) is 55.6 Å². The summed E-state index contributed by atoms with van der Waals surface area (Å²) in [6.45, 7) is 5.59. The maximum absolute atomic E-state index is 13.8. The Morgan fingerprint density at radius 2 is 1.76 bits per heavy atom. The van der Waals surface area contributed by atoms with Crippen molar-refractivity contribution in [3.63, 3.8) is 0 Å². The molecule has 1 amide bonds. The highest BCUT2D eigenvalue weighted by Crippen LogP contribution is 2.32. The molecule has 1 aromatic carbocycles. The maximum atomic E-state index is 13.8. The first-order valence-electron chi connectivity index (χ1n) is 8.90. The minimum Gasteiger partial charge on any atom is -0.406 e. The summed E-state index contributed by atoms with van der Waals surface area (Å²) in [7, 11) is 0. The molecule has 2 heterocycles. The number of amides is 1. The molecular formula is C20H19F4N3O2. The number of anilines is 1. The molecule has 0 aliphatic rings. The van der Waals surface area contributed by atoms with Gasteiger partial charge in [-0.05, 0) is 42.3 Å². The fourth-order valence-corrected chi connectivity index (χ4v) is 2.73. The molecule has 1 unspecified atom stereocenters. The molecule has 5 nitrogen and oxygen atoms in total. The number of nitrogens with zero attached hydrogens (tertiary/aromatic N) is 2. The second-order valence-corrected chi connectivity index (χ2v) is 6.98. The quantitative estimate of drug-likeness (QED) is 0.584. The van der Waals surface area contributed by atoms with Crippen molar-refractivity contribution in [2.45, 2.75) is 27.1 Å². The van der Waals surface area contributed by atoms with E-state index in [0.717, 1.165) is 12.1 Å². The highest BCUT2D eigenvalue weighted by Gasteiger charge is 2.31. The number of hydrogen-bond acceptors (Lipinski definition) is 3. The van der Waals surface area contributed by atoms with E-state index in [1.54, 1.807) is 6.92 Å². The van der Waals surface area contributed by atoms with Crippen LogP contribution in [0.5, 0.6) is 5.75 Å². The zero-order valence-corrected chi connectivity index (χ0v) is 15.9. The normalized spacial score (nSPS) is 13.0. The smallest absolute Gasteiger partial charge is 0.406 e. The summed E-state index contributed by atoms with van der Waals surface area (Å²) < 4.78 is 56.3. The van der Waals surface area contributed by atoms with E-state index in [0.29, 0.717) is 16.9 Å². The predicted octanol–water partition coefficient (Wildman–Crippen LogP) is 5.27. The Morgan fingerprint density at radius 3 is 2.34 bits per heavy atom. The summed E-state index contributed by atoms with van der Waals surface area (Å²) in [6.07, 6.45) is -3.61. The number of aromatic nitrogens is 2. The largest absolute Gasteiger partial charge is 0.573 e. The van der Waals surface area contributed by atoms with Crippen LogP contribution in [0.2, 0.25) is 0 Å². The van der Waals surface area contributed by atoms with E-state index in [4.69, 9.17) is 0 Å². The molecule has 0 fully saturated rings. The van der Waals surface area contributed by atoms with Crippen LogP contribution in [0, 0.1) is 17.7 Å². The van der Waals surface area contributed by atoms with Gasteiger partial charge in [0.25, 0.3) is 0 Å². The fraction of sp³-hybridized carbons (Fsp3) is 0.300. The lowest BCUT2D eigenvalue weighted by Crippen LogP contribution is -2.24. The summed E-state index contributed by atoms with van der Waals surface area (Å²) in [5, 5.41) is 2.75. The van der Waals surface area contributed by atoms with E-state index >= 15 is 0 Å². The molecule has 1 N–H and O–H groups in total. The second kappa shape index (κ2) is 7.73. The summed E-state index contributed by atoms with van der Waals surface area (Å²) in [4.78, 5) is 16.9. The Morgan fingerprint density at radius 1 is 1.10 bits per heavy atom. The van der Waals surface area contributed by atoms with Gasteiger partial charge in [-0.1, -0.05) is 20.8 Å². The van der Waals surface area contributed by atoms with Gasteiger partial charge in [-0.3, -0.25) is 9.20 Å². The number of hydrogen-bond donors (Lipinski definition) is 1. The van der Waals surface area contributed by atoms with Crippen LogP contribution in [-0.2, 0) is 4.79 Å². The van der Waals surface area contributed by atoms with Gasteiger partial charge < -0.3 is 10.1 Å². The lowest BCUT2D eigenvalue weighted by atomic mass is 9.97. The van der Waals surface area contributed by atoms with Gasteiger partial charge in [0, 0.05) is 17.7 Å². The van der Waals surface area contributed by atoms with E-state index in [2.05, 4.69) is 15.0 Å². The molecule has 29 heavy (non-hydrogen) atoms. The zero-order chi connectivity index (χ0) is 21.3. The number of pyridine rings is 1. The van der Waals surface area contributed by atoms with Gasteiger partial charge in [-0.2, -0.15) is 0 Å². The number of ether oxygens (including phenoxy) is 1. The third-order valence-electron chi connectivity index (χ3n) is 4.60. The molecule has 3 aromatic rings. The van der Waals surface area contributed by atoms with Crippen LogP contribution in [-0.4, -0.2) is 21.7 Å². The van der Waals surface area contributed by atoms with E-state index in [-0.39, 0.29) is 29.3 Å². The number of imidazole rings is 1. The standard InChI is InChI=1S/C20H19F4N3O2/c1-11(2)12(3)19(28)26-18-17(27-10-14(21)6-9-16(27)25-18)13-4-7-15(8-5-13)29-20(22,23)24/h4-12H,1-3H3,(H,26,28). The molecule has 0 saturated heterocycles. The van der Waals surface area contributed by atoms with Gasteiger partial charge in [-0.25, -0.2) is 9.37 Å². The fourth-order valence-electron chi connectivity index (χ4n) is 2.73. The molecule has 0 aliphatic carbocycles. The lowest BCUT2D eigenvalue weighted by molar-refractivity contribution is -0.274. The van der Waals surface area contributed by atoms with Gasteiger partial charge in [-0.15, -0.1) is 13.2 Å². The number of benzene rings is 1. The molecule has 0 bridgehead atoms. The van der Waals surface area contributed by atoms with Crippen LogP contribution in [0.1, 0.15) is 20.8 Å². The minimum atomic E-state index is -4.81. The van der Waals surface area contributed by atoms with Crippen molar-refractivity contribution in [1.82, 2.24) is 9.38 Å². The SMILES string of the molecule is CC(C)C(C)C(=O)Nc1nc2ccc(F)cn2c1-c1ccc(OC(F)(F)F)cc1.